The van der Waals surface area contributed by atoms with Crippen molar-refractivity contribution in [2.75, 3.05) is 26.2 Å². The highest BCUT2D eigenvalue weighted by Gasteiger charge is 2.41. The van der Waals surface area contributed by atoms with Gasteiger partial charge in [0.1, 0.15) is 16.9 Å². The van der Waals surface area contributed by atoms with E-state index in [2.05, 4.69) is 132 Å². The van der Waals surface area contributed by atoms with Gasteiger partial charge in [-0.05, 0) is 86.8 Å². The van der Waals surface area contributed by atoms with Crippen molar-refractivity contribution in [1.82, 2.24) is 4.90 Å². The van der Waals surface area contributed by atoms with E-state index < -0.39 is 5.60 Å². The van der Waals surface area contributed by atoms with Crippen molar-refractivity contribution < 1.29 is 9.84 Å². The van der Waals surface area contributed by atoms with Gasteiger partial charge in [-0.25, -0.2) is 0 Å². The second kappa shape index (κ2) is 11.1. The van der Waals surface area contributed by atoms with E-state index in [0.29, 0.717) is 11.9 Å². The average Bonchev–Trinajstić information content (AvgIpc) is 2.92. The lowest BCUT2D eigenvalue weighted by Crippen LogP contribution is -2.37. The molecule has 0 saturated heterocycles. The van der Waals surface area contributed by atoms with Gasteiger partial charge in [-0.15, -0.1) is 0 Å². The molecule has 0 aliphatic heterocycles. The quantitative estimate of drug-likeness (QED) is 0.190. The molecule has 0 amide bonds. The first-order valence-corrected chi connectivity index (χ1v) is 13.7. The van der Waals surface area contributed by atoms with Crippen LogP contribution in [0.25, 0.3) is 21.5 Å². The minimum atomic E-state index is -1.15. The predicted octanol–water partition coefficient (Wildman–Crippen LogP) is 7.70. The minimum Gasteiger partial charge on any atom is -0.482 e. The Morgan fingerprint density at radius 2 is 1.49 bits per heavy atom. The fraction of sp³-hybridized carbons (Fsp3) is 0.212. The molecule has 4 heteroatoms. The first-order valence-electron chi connectivity index (χ1n) is 12.6. The van der Waals surface area contributed by atoms with Crippen molar-refractivity contribution in [2.24, 2.45) is 0 Å². The molecule has 3 nitrogen and oxygen atoms in total. The molecule has 0 aromatic heterocycles. The van der Waals surface area contributed by atoms with E-state index >= 15 is 0 Å². The molecule has 5 rings (SSSR count). The summed E-state index contributed by atoms with van der Waals surface area (Å²) in [6, 6.07) is 37.7. The summed E-state index contributed by atoms with van der Waals surface area (Å²) in [6.45, 7) is 0.750. The molecule has 0 aliphatic rings. The third kappa shape index (κ3) is 5.28. The highest BCUT2D eigenvalue weighted by Crippen LogP contribution is 2.47. The van der Waals surface area contributed by atoms with E-state index in [1.54, 1.807) is 0 Å². The lowest BCUT2D eigenvalue weighted by atomic mass is 9.70. The third-order valence-corrected chi connectivity index (χ3v) is 7.43. The first kappa shape index (κ1) is 25.5. The molecule has 5 aromatic rings. The molecule has 5 aromatic carbocycles. The molecule has 0 bridgehead atoms. The Labute approximate surface area is 227 Å². The van der Waals surface area contributed by atoms with Crippen LogP contribution in [0.15, 0.2) is 109 Å². The zero-order valence-electron chi connectivity index (χ0n) is 21.3. The van der Waals surface area contributed by atoms with E-state index in [9.17, 15) is 5.11 Å². The lowest BCUT2D eigenvalue weighted by molar-refractivity contribution is 0.00592. The second-order valence-electron chi connectivity index (χ2n) is 9.87. The van der Waals surface area contributed by atoms with E-state index in [-0.39, 0.29) is 5.92 Å². The van der Waals surface area contributed by atoms with Crippen LogP contribution >= 0.6 is 15.9 Å². The van der Waals surface area contributed by atoms with Gasteiger partial charge in [0, 0.05) is 12.5 Å². The summed E-state index contributed by atoms with van der Waals surface area (Å²) in [4.78, 5) is 2.14. The SMILES string of the molecule is CN(C)CCC(O)(c1cccc2ccccc12)C(c1ccccc1)c1ccc2ccc(OCBr)cc2c1. The van der Waals surface area contributed by atoms with Crippen LogP contribution in [0.1, 0.15) is 29.0 Å². The average molecular weight is 555 g/mol. The second-order valence-corrected chi connectivity index (χ2v) is 10.3. The van der Waals surface area contributed by atoms with Crippen molar-refractivity contribution in [3.8, 4) is 5.75 Å². The van der Waals surface area contributed by atoms with Gasteiger partial charge in [0.25, 0.3) is 0 Å². The molecule has 2 unspecified atom stereocenters. The number of nitrogens with zero attached hydrogens (tertiary/aromatic N) is 1. The van der Waals surface area contributed by atoms with Crippen LogP contribution < -0.4 is 4.74 Å². The number of alkyl halides is 1. The zero-order valence-corrected chi connectivity index (χ0v) is 22.9. The Balaban J connectivity index is 1.76. The van der Waals surface area contributed by atoms with Gasteiger partial charge in [-0.2, -0.15) is 0 Å². The smallest absolute Gasteiger partial charge is 0.143 e. The maximum atomic E-state index is 12.9. The van der Waals surface area contributed by atoms with Crippen LogP contribution in [0.2, 0.25) is 0 Å². The topological polar surface area (TPSA) is 32.7 Å². The van der Waals surface area contributed by atoms with Gasteiger partial charge in [-0.1, -0.05) is 97.1 Å². The molecule has 0 fully saturated rings. The van der Waals surface area contributed by atoms with Crippen molar-refractivity contribution in [1.29, 1.82) is 0 Å². The van der Waals surface area contributed by atoms with Crippen molar-refractivity contribution in [3.63, 3.8) is 0 Å². The number of rotatable bonds is 9. The highest BCUT2D eigenvalue weighted by atomic mass is 79.9. The molecule has 2 atom stereocenters. The fourth-order valence-corrected chi connectivity index (χ4v) is 5.66. The van der Waals surface area contributed by atoms with Crippen LogP contribution in [-0.4, -0.2) is 36.2 Å². The molecule has 0 radical (unpaired) electrons. The Bertz CT molecular complexity index is 1500. The van der Waals surface area contributed by atoms with Gasteiger partial charge in [0.15, 0.2) is 0 Å². The van der Waals surface area contributed by atoms with E-state index in [1.165, 1.54) is 0 Å². The predicted molar refractivity (Wildman–Crippen MR) is 158 cm³/mol. The zero-order chi connectivity index (χ0) is 25.8. The van der Waals surface area contributed by atoms with Crippen LogP contribution in [0.4, 0.5) is 0 Å². The van der Waals surface area contributed by atoms with Crippen LogP contribution in [0.3, 0.4) is 0 Å². The standard InChI is InChI=1S/C33H32BrNO2/c1-35(2)20-19-33(36,31-14-8-12-25-9-6-7-13-30(25)31)32(26-10-4-3-5-11-26)27-16-15-24-17-18-29(37-23-34)22-28(24)21-27/h3-18,21-22,32,36H,19-20,23H2,1-2H3. The number of hydrogen-bond donors (Lipinski definition) is 1. The molecular weight excluding hydrogens is 522 g/mol. The molecule has 0 aliphatic carbocycles. The number of aliphatic hydroxyl groups is 1. The van der Waals surface area contributed by atoms with Crippen LogP contribution in [0.5, 0.6) is 5.75 Å². The molecule has 188 valence electrons. The van der Waals surface area contributed by atoms with Gasteiger partial charge in [-0.3, -0.25) is 0 Å². The summed E-state index contributed by atoms with van der Waals surface area (Å²) in [5.41, 5.74) is 2.41. The summed E-state index contributed by atoms with van der Waals surface area (Å²) in [5.74, 6) is 0.541. The largest absolute Gasteiger partial charge is 0.482 e. The minimum absolute atomic E-state index is 0.274. The maximum absolute atomic E-state index is 12.9. The van der Waals surface area contributed by atoms with E-state index in [0.717, 1.165) is 50.5 Å². The van der Waals surface area contributed by atoms with Gasteiger partial charge in [0.05, 0.1) is 0 Å². The lowest BCUT2D eigenvalue weighted by Gasteiger charge is -2.39. The Morgan fingerprint density at radius 1 is 0.757 bits per heavy atom. The van der Waals surface area contributed by atoms with Crippen molar-refractivity contribution in [2.45, 2.75) is 17.9 Å². The third-order valence-electron chi connectivity index (χ3n) is 7.20. The number of hydrogen-bond acceptors (Lipinski definition) is 3. The van der Waals surface area contributed by atoms with Crippen molar-refractivity contribution in [3.05, 3.63) is 126 Å². The number of halogens is 1. The van der Waals surface area contributed by atoms with Crippen LogP contribution in [-0.2, 0) is 5.60 Å². The number of benzene rings is 5. The summed E-state index contributed by atoms with van der Waals surface area (Å²) in [6.07, 6.45) is 0.582. The molecule has 0 saturated carbocycles. The molecule has 0 heterocycles. The van der Waals surface area contributed by atoms with E-state index in [4.69, 9.17) is 4.74 Å². The van der Waals surface area contributed by atoms with Crippen LogP contribution in [0, 0.1) is 0 Å². The molecule has 0 spiro atoms. The Morgan fingerprint density at radius 3 is 2.27 bits per heavy atom. The Hall–Kier alpha value is -3.18. The fourth-order valence-electron chi connectivity index (χ4n) is 5.40. The molecule has 37 heavy (non-hydrogen) atoms. The summed E-state index contributed by atoms with van der Waals surface area (Å²) >= 11 is 3.36. The van der Waals surface area contributed by atoms with Gasteiger partial charge in [0.2, 0.25) is 0 Å². The van der Waals surface area contributed by atoms with E-state index in [1.807, 2.05) is 12.1 Å². The summed E-state index contributed by atoms with van der Waals surface area (Å²) < 4.78 is 5.71. The molecular formula is C33H32BrNO2. The summed E-state index contributed by atoms with van der Waals surface area (Å²) in [5, 5.41) is 17.4. The Kier molecular flexibility index (Phi) is 7.61. The summed E-state index contributed by atoms with van der Waals surface area (Å²) in [7, 11) is 4.12. The normalized spacial score (nSPS) is 14.1. The highest BCUT2D eigenvalue weighted by molar-refractivity contribution is 9.09. The molecule has 1 N–H and O–H groups in total. The number of fused-ring (bicyclic) bond motifs is 2. The van der Waals surface area contributed by atoms with Gasteiger partial charge < -0.3 is 14.7 Å². The maximum Gasteiger partial charge on any atom is 0.143 e. The first-order chi connectivity index (χ1) is 18.0. The number of ether oxygens (including phenoxy) is 1. The van der Waals surface area contributed by atoms with Gasteiger partial charge >= 0.3 is 0 Å². The van der Waals surface area contributed by atoms with Crippen molar-refractivity contribution >= 4 is 37.5 Å². The monoisotopic (exact) mass is 553 g/mol.